The van der Waals surface area contributed by atoms with Gasteiger partial charge in [-0.3, -0.25) is 9.59 Å². The molecule has 0 aliphatic carbocycles. The van der Waals surface area contributed by atoms with Crippen LogP contribution in [0.4, 0.5) is 0 Å². The van der Waals surface area contributed by atoms with Crippen LogP contribution in [0.25, 0.3) is 10.9 Å². The SMILES string of the molecule is Cc1[nH]c2ccccc2c1/C=N/NC(=O)CNC(=O)c1ccco1. The minimum atomic E-state index is -0.452. The molecular weight excluding hydrogens is 308 g/mol. The monoisotopic (exact) mass is 324 g/mol. The van der Waals surface area contributed by atoms with Crippen molar-refractivity contribution in [3.8, 4) is 0 Å². The van der Waals surface area contributed by atoms with Crippen LogP contribution in [-0.4, -0.2) is 29.6 Å². The Balaban J connectivity index is 1.56. The Bertz CT molecular complexity index is 894. The number of amides is 2. The number of benzene rings is 1. The van der Waals surface area contributed by atoms with Crippen molar-refractivity contribution in [2.45, 2.75) is 6.92 Å². The zero-order chi connectivity index (χ0) is 16.9. The molecule has 1 aromatic carbocycles. The largest absolute Gasteiger partial charge is 0.459 e. The molecule has 3 N–H and O–H groups in total. The van der Waals surface area contributed by atoms with E-state index in [0.29, 0.717) is 0 Å². The van der Waals surface area contributed by atoms with E-state index in [1.807, 2.05) is 31.2 Å². The highest BCUT2D eigenvalue weighted by molar-refractivity contribution is 6.01. The number of aromatic amines is 1. The van der Waals surface area contributed by atoms with Crippen LogP contribution < -0.4 is 10.7 Å². The number of hydrogen-bond donors (Lipinski definition) is 3. The van der Waals surface area contributed by atoms with E-state index < -0.39 is 11.8 Å². The van der Waals surface area contributed by atoms with E-state index in [-0.39, 0.29) is 12.3 Å². The molecule has 0 aliphatic heterocycles. The van der Waals surface area contributed by atoms with Gasteiger partial charge in [0.25, 0.3) is 11.8 Å². The van der Waals surface area contributed by atoms with Gasteiger partial charge in [-0.1, -0.05) is 18.2 Å². The Morgan fingerprint density at radius 2 is 2.08 bits per heavy atom. The lowest BCUT2D eigenvalue weighted by atomic mass is 10.1. The summed E-state index contributed by atoms with van der Waals surface area (Å²) in [7, 11) is 0. The number of aryl methyl sites for hydroxylation is 1. The van der Waals surface area contributed by atoms with Gasteiger partial charge in [0, 0.05) is 22.2 Å². The average Bonchev–Trinajstić information content (AvgIpc) is 3.21. The molecule has 7 heteroatoms. The first-order valence-corrected chi connectivity index (χ1v) is 7.36. The van der Waals surface area contributed by atoms with Gasteiger partial charge in [0.05, 0.1) is 19.0 Å². The number of hydrazone groups is 1. The lowest BCUT2D eigenvalue weighted by Crippen LogP contribution is -2.34. The van der Waals surface area contributed by atoms with E-state index in [0.717, 1.165) is 22.2 Å². The molecule has 0 saturated heterocycles. The van der Waals surface area contributed by atoms with Gasteiger partial charge < -0.3 is 14.7 Å². The molecule has 0 unspecified atom stereocenters. The van der Waals surface area contributed by atoms with Gasteiger partial charge in [-0.05, 0) is 25.1 Å². The molecule has 24 heavy (non-hydrogen) atoms. The summed E-state index contributed by atoms with van der Waals surface area (Å²) >= 11 is 0. The van der Waals surface area contributed by atoms with Crippen LogP contribution in [0.5, 0.6) is 0 Å². The van der Waals surface area contributed by atoms with E-state index in [1.54, 1.807) is 12.3 Å². The topological polar surface area (TPSA) is 99.5 Å². The average molecular weight is 324 g/mol. The van der Waals surface area contributed by atoms with Crippen LogP contribution >= 0.6 is 0 Å². The zero-order valence-corrected chi connectivity index (χ0v) is 13.0. The van der Waals surface area contributed by atoms with Gasteiger partial charge in [0.15, 0.2) is 5.76 Å². The fraction of sp³-hybridized carbons (Fsp3) is 0.118. The van der Waals surface area contributed by atoms with Crippen molar-refractivity contribution in [2.24, 2.45) is 5.10 Å². The summed E-state index contributed by atoms with van der Waals surface area (Å²) in [5.41, 5.74) is 5.26. The second-order valence-corrected chi connectivity index (χ2v) is 5.16. The number of rotatable bonds is 5. The van der Waals surface area contributed by atoms with Crippen molar-refractivity contribution in [2.75, 3.05) is 6.54 Å². The van der Waals surface area contributed by atoms with Crippen LogP contribution in [0.3, 0.4) is 0 Å². The molecule has 0 atom stereocenters. The number of nitrogens with one attached hydrogen (secondary N) is 3. The van der Waals surface area contributed by atoms with Gasteiger partial charge in [-0.2, -0.15) is 5.10 Å². The Hall–Kier alpha value is -3.35. The number of para-hydroxylation sites is 1. The molecule has 122 valence electrons. The maximum atomic E-state index is 11.7. The Kier molecular flexibility index (Phi) is 4.42. The number of hydrogen-bond acceptors (Lipinski definition) is 4. The molecule has 2 amide bonds. The number of H-pyrrole nitrogens is 1. The number of aromatic nitrogens is 1. The Labute approximate surface area is 137 Å². The summed E-state index contributed by atoms with van der Waals surface area (Å²) in [5, 5.41) is 7.42. The predicted octanol–water partition coefficient (Wildman–Crippen LogP) is 1.95. The fourth-order valence-corrected chi connectivity index (χ4v) is 2.33. The van der Waals surface area contributed by atoms with Crippen LogP contribution in [0, 0.1) is 6.92 Å². The van der Waals surface area contributed by atoms with Crippen molar-refractivity contribution < 1.29 is 14.0 Å². The van der Waals surface area contributed by atoms with Crippen molar-refractivity contribution in [1.82, 2.24) is 15.7 Å². The molecule has 2 heterocycles. The fourth-order valence-electron chi connectivity index (χ4n) is 2.33. The summed E-state index contributed by atoms with van der Waals surface area (Å²) < 4.78 is 4.93. The highest BCUT2D eigenvalue weighted by Crippen LogP contribution is 2.19. The first-order valence-electron chi connectivity index (χ1n) is 7.36. The molecule has 0 saturated carbocycles. The molecule has 0 fully saturated rings. The van der Waals surface area contributed by atoms with Gasteiger partial charge in [0.2, 0.25) is 0 Å². The number of carbonyl (C=O) groups excluding carboxylic acids is 2. The van der Waals surface area contributed by atoms with Crippen LogP contribution in [-0.2, 0) is 4.79 Å². The quantitative estimate of drug-likeness (QED) is 0.494. The molecule has 0 aliphatic rings. The van der Waals surface area contributed by atoms with Crippen molar-refractivity contribution >= 4 is 28.9 Å². The first-order chi connectivity index (χ1) is 11.6. The molecule has 0 bridgehead atoms. The second kappa shape index (κ2) is 6.82. The molecule has 0 spiro atoms. The Morgan fingerprint density at radius 3 is 2.88 bits per heavy atom. The highest BCUT2D eigenvalue weighted by atomic mass is 16.3. The van der Waals surface area contributed by atoms with E-state index in [1.165, 1.54) is 12.3 Å². The zero-order valence-electron chi connectivity index (χ0n) is 13.0. The number of carbonyl (C=O) groups is 2. The molecule has 2 aromatic heterocycles. The summed E-state index contributed by atoms with van der Waals surface area (Å²) in [6, 6.07) is 11.0. The maximum Gasteiger partial charge on any atom is 0.287 e. The highest BCUT2D eigenvalue weighted by Gasteiger charge is 2.10. The number of furan rings is 1. The third-order valence-electron chi connectivity index (χ3n) is 3.48. The van der Waals surface area contributed by atoms with Gasteiger partial charge in [-0.25, -0.2) is 5.43 Å². The standard InChI is InChI=1S/C17H16N4O3/c1-11-13(12-5-2-3-6-14(12)20-11)9-19-21-16(22)10-18-17(23)15-7-4-8-24-15/h2-9,20H,10H2,1H3,(H,18,23)(H,21,22)/b19-9+. The molecule has 0 radical (unpaired) electrons. The third kappa shape index (κ3) is 3.35. The molecular formula is C17H16N4O3. The van der Waals surface area contributed by atoms with Crippen molar-refractivity contribution in [3.63, 3.8) is 0 Å². The predicted molar refractivity (Wildman–Crippen MR) is 89.8 cm³/mol. The van der Waals surface area contributed by atoms with Crippen molar-refractivity contribution in [3.05, 3.63) is 59.7 Å². The van der Waals surface area contributed by atoms with Crippen LogP contribution in [0.1, 0.15) is 21.8 Å². The normalized spacial score (nSPS) is 11.0. The Morgan fingerprint density at radius 1 is 1.25 bits per heavy atom. The minimum Gasteiger partial charge on any atom is -0.459 e. The minimum absolute atomic E-state index is 0.153. The van der Waals surface area contributed by atoms with Crippen molar-refractivity contribution in [1.29, 1.82) is 0 Å². The summed E-state index contributed by atoms with van der Waals surface area (Å²) in [5.74, 6) is -0.726. The first kappa shape index (κ1) is 15.5. The number of nitrogens with zero attached hydrogens (tertiary/aromatic N) is 1. The van der Waals surface area contributed by atoms with E-state index >= 15 is 0 Å². The lowest BCUT2D eigenvalue weighted by molar-refractivity contribution is -0.120. The smallest absolute Gasteiger partial charge is 0.287 e. The van der Waals surface area contributed by atoms with Gasteiger partial charge in [0.1, 0.15) is 0 Å². The van der Waals surface area contributed by atoms with E-state index in [4.69, 9.17) is 4.42 Å². The summed E-state index contributed by atoms with van der Waals surface area (Å²) in [6.45, 7) is 1.75. The molecule has 7 nitrogen and oxygen atoms in total. The van der Waals surface area contributed by atoms with E-state index in [2.05, 4.69) is 20.8 Å². The van der Waals surface area contributed by atoms with Gasteiger partial charge in [-0.15, -0.1) is 0 Å². The maximum absolute atomic E-state index is 11.7. The number of fused-ring (bicyclic) bond motifs is 1. The summed E-state index contributed by atoms with van der Waals surface area (Å²) in [6.07, 6.45) is 2.98. The van der Waals surface area contributed by atoms with Crippen LogP contribution in [0.2, 0.25) is 0 Å². The third-order valence-corrected chi connectivity index (χ3v) is 3.48. The van der Waals surface area contributed by atoms with Gasteiger partial charge >= 0.3 is 0 Å². The molecule has 3 aromatic rings. The second-order valence-electron chi connectivity index (χ2n) is 5.16. The lowest BCUT2D eigenvalue weighted by Gasteiger charge is -2.01. The molecule has 3 rings (SSSR count). The van der Waals surface area contributed by atoms with E-state index in [9.17, 15) is 9.59 Å². The summed E-state index contributed by atoms with van der Waals surface area (Å²) in [4.78, 5) is 26.6. The van der Waals surface area contributed by atoms with Crippen LogP contribution in [0.15, 0.2) is 52.2 Å².